The van der Waals surface area contributed by atoms with Gasteiger partial charge in [-0.2, -0.15) is 0 Å². The van der Waals surface area contributed by atoms with Crippen molar-refractivity contribution in [2.24, 2.45) is 11.7 Å². The molecule has 1 aromatic rings. The first-order chi connectivity index (χ1) is 7.17. The third kappa shape index (κ3) is 3.60. The van der Waals surface area contributed by atoms with Gasteiger partial charge in [0.2, 0.25) is 0 Å². The lowest BCUT2D eigenvalue weighted by atomic mass is 10.1. The van der Waals surface area contributed by atoms with Crippen molar-refractivity contribution in [3.63, 3.8) is 0 Å². The lowest BCUT2D eigenvalue weighted by molar-refractivity contribution is 0.0943. The Morgan fingerprint density at radius 1 is 1.73 bits per heavy atom. The minimum absolute atomic E-state index is 0.105. The van der Waals surface area contributed by atoms with Crippen LogP contribution < -0.4 is 11.1 Å². The summed E-state index contributed by atoms with van der Waals surface area (Å²) >= 11 is 1.42. The topological polar surface area (TPSA) is 68.0 Å². The Balaban J connectivity index is 2.46. The van der Waals surface area contributed by atoms with Gasteiger partial charge in [-0.15, -0.1) is 11.3 Å². The minimum Gasteiger partial charge on any atom is -0.350 e. The number of aromatic nitrogens is 1. The average Bonchev–Trinajstić information content (AvgIpc) is 2.73. The second-order valence-electron chi connectivity index (χ2n) is 3.55. The Bertz CT molecular complexity index is 324. The quantitative estimate of drug-likeness (QED) is 0.798. The van der Waals surface area contributed by atoms with Gasteiger partial charge in [0, 0.05) is 18.5 Å². The molecule has 0 aliphatic rings. The fraction of sp³-hybridized carbons (Fsp3) is 0.600. The average molecular weight is 227 g/mol. The largest absolute Gasteiger partial charge is 0.350 e. The van der Waals surface area contributed by atoms with E-state index in [9.17, 15) is 4.79 Å². The van der Waals surface area contributed by atoms with E-state index in [1.165, 1.54) is 11.3 Å². The smallest absolute Gasteiger partial charge is 0.270 e. The summed E-state index contributed by atoms with van der Waals surface area (Å²) in [6.07, 6.45) is 1.06. The van der Waals surface area contributed by atoms with Crippen LogP contribution in [0.5, 0.6) is 0 Å². The summed E-state index contributed by atoms with van der Waals surface area (Å²) in [5.74, 6) is 0.396. The summed E-state index contributed by atoms with van der Waals surface area (Å²) in [5.41, 5.74) is 5.90. The van der Waals surface area contributed by atoms with Gasteiger partial charge in [-0.05, 0) is 5.92 Å². The number of thiazole rings is 1. The van der Waals surface area contributed by atoms with Crippen LogP contribution in [0.15, 0.2) is 5.38 Å². The minimum atomic E-state index is -0.105. The zero-order chi connectivity index (χ0) is 11.3. The molecule has 5 heteroatoms. The van der Waals surface area contributed by atoms with E-state index in [-0.39, 0.29) is 5.91 Å². The van der Waals surface area contributed by atoms with Crippen molar-refractivity contribution in [1.29, 1.82) is 0 Å². The summed E-state index contributed by atoms with van der Waals surface area (Å²) in [6.45, 7) is 5.30. The van der Waals surface area contributed by atoms with Crippen molar-refractivity contribution in [1.82, 2.24) is 10.3 Å². The summed E-state index contributed by atoms with van der Waals surface area (Å²) in [4.78, 5) is 15.7. The van der Waals surface area contributed by atoms with Crippen LogP contribution in [0.3, 0.4) is 0 Å². The van der Waals surface area contributed by atoms with Gasteiger partial charge in [0.05, 0.1) is 0 Å². The van der Waals surface area contributed by atoms with E-state index in [1.807, 2.05) is 0 Å². The van der Waals surface area contributed by atoms with E-state index < -0.39 is 0 Å². The zero-order valence-electron chi connectivity index (χ0n) is 9.12. The lowest BCUT2D eigenvalue weighted by Crippen LogP contribution is -2.28. The standard InChI is InChI=1S/C10H17N3OS/c1-3-7(2)5-12-10(14)8-6-15-9(4-11)13-8/h6-7H,3-5,11H2,1-2H3,(H,12,14). The summed E-state index contributed by atoms with van der Waals surface area (Å²) in [7, 11) is 0. The predicted molar refractivity (Wildman–Crippen MR) is 61.8 cm³/mol. The van der Waals surface area contributed by atoms with E-state index in [4.69, 9.17) is 5.73 Å². The molecule has 0 fully saturated rings. The Morgan fingerprint density at radius 2 is 2.47 bits per heavy atom. The fourth-order valence-electron chi connectivity index (χ4n) is 1.01. The molecular weight excluding hydrogens is 210 g/mol. The van der Waals surface area contributed by atoms with Crippen LogP contribution in [0, 0.1) is 5.92 Å². The van der Waals surface area contributed by atoms with Gasteiger partial charge in [0.1, 0.15) is 10.7 Å². The number of hydrogen-bond acceptors (Lipinski definition) is 4. The highest BCUT2D eigenvalue weighted by Crippen LogP contribution is 2.08. The number of nitrogens with zero attached hydrogens (tertiary/aromatic N) is 1. The van der Waals surface area contributed by atoms with Crippen LogP contribution in [0.2, 0.25) is 0 Å². The molecule has 4 nitrogen and oxygen atoms in total. The van der Waals surface area contributed by atoms with Gasteiger partial charge in [0.25, 0.3) is 5.91 Å². The van der Waals surface area contributed by atoms with E-state index in [0.29, 0.717) is 24.7 Å². The second kappa shape index (κ2) is 5.82. The van der Waals surface area contributed by atoms with Crippen LogP contribution in [-0.4, -0.2) is 17.4 Å². The SMILES string of the molecule is CCC(C)CNC(=O)c1csc(CN)n1. The molecule has 0 radical (unpaired) electrons. The monoisotopic (exact) mass is 227 g/mol. The second-order valence-corrected chi connectivity index (χ2v) is 4.50. The maximum atomic E-state index is 11.6. The molecule has 1 atom stereocenters. The molecule has 0 bridgehead atoms. The van der Waals surface area contributed by atoms with Crippen LogP contribution in [0.4, 0.5) is 0 Å². The van der Waals surface area contributed by atoms with Crippen LogP contribution >= 0.6 is 11.3 Å². The molecule has 0 aromatic carbocycles. The number of nitrogens with one attached hydrogen (secondary N) is 1. The van der Waals surface area contributed by atoms with Gasteiger partial charge in [0.15, 0.2) is 0 Å². The molecule has 1 aromatic heterocycles. The highest BCUT2D eigenvalue weighted by molar-refractivity contribution is 7.09. The molecule has 84 valence electrons. The first kappa shape index (κ1) is 12.1. The molecule has 0 saturated heterocycles. The van der Waals surface area contributed by atoms with E-state index in [2.05, 4.69) is 24.1 Å². The van der Waals surface area contributed by atoms with Crippen molar-refractivity contribution >= 4 is 17.2 Å². The number of nitrogens with two attached hydrogens (primary N) is 1. The van der Waals surface area contributed by atoms with Gasteiger partial charge >= 0.3 is 0 Å². The van der Waals surface area contributed by atoms with Gasteiger partial charge in [-0.1, -0.05) is 20.3 Å². The first-order valence-corrected chi connectivity index (χ1v) is 5.98. The summed E-state index contributed by atoms with van der Waals surface area (Å²) in [6, 6.07) is 0. The molecule has 1 heterocycles. The van der Waals surface area contributed by atoms with Crippen molar-refractivity contribution < 1.29 is 4.79 Å². The van der Waals surface area contributed by atoms with Crippen molar-refractivity contribution in [3.05, 3.63) is 16.1 Å². The van der Waals surface area contributed by atoms with Crippen molar-refractivity contribution in [2.45, 2.75) is 26.8 Å². The molecule has 0 aliphatic heterocycles. The van der Waals surface area contributed by atoms with Gasteiger partial charge < -0.3 is 11.1 Å². The molecule has 1 unspecified atom stereocenters. The van der Waals surface area contributed by atoms with Crippen molar-refractivity contribution in [3.8, 4) is 0 Å². The van der Waals surface area contributed by atoms with E-state index in [1.54, 1.807) is 5.38 Å². The van der Waals surface area contributed by atoms with Crippen LogP contribution in [0.25, 0.3) is 0 Å². The third-order valence-electron chi connectivity index (χ3n) is 2.27. The molecule has 0 aliphatic carbocycles. The highest BCUT2D eigenvalue weighted by atomic mass is 32.1. The van der Waals surface area contributed by atoms with Gasteiger partial charge in [-0.3, -0.25) is 4.79 Å². The first-order valence-electron chi connectivity index (χ1n) is 5.10. The number of rotatable bonds is 5. The van der Waals surface area contributed by atoms with Crippen LogP contribution in [-0.2, 0) is 6.54 Å². The summed E-state index contributed by atoms with van der Waals surface area (Å²) < 4.78 is 0. The predicted octanol–water partition coefficient (Wildman–Crippen LogP) is 1.38. The number of carbonyl (C=O) groups excluding carboxylic acids is 1. The molecule has 0 spiro atoms. The molecule has 1 rings (SSSR count). The van der Waals surface area contributed by atoms with E-state index >= 15 is 0 Å². The lowest BCUT2D eigenvalue weighted by Gasteiger charge is -2.08. The maximum Gasteiger partial charge on any atom is 0.270 e. The maximum absolute atomic E-state index is 11.6. The fourth-order valence-corrected chi connectivity index (χ4v) is 1.67. The van der Waals surface area contributed by atoms with Gasteiger partial charge in [-0.25, -0.2) is 4.98 Å². The molecule has 1 amide bonds. The highest BCUT2D eigenvalue weighted by Gasteiger charge is 2.10. The molecule has 0 saturated carbocycles. The summed E-state index contributed by atoms with van der Waals surface area (Å²) in [5, 5.41) is 5.39. The molecular formula is C10H17N3OS. The number of amides is 1. The Hall–Kier alpha value is -0.940. The Labute approximate surface area is 93.9 Å². The zero-order valence-corrected chi connectivity index (χ0v) is 9.93. The number of carbonyl (C=O) groups is 1. The Morgan fingerprint density at radius 3 is 3.00 bits per heavy atom. The molecule has 3 N–H and O–H groups in total. The Kier molecular flexibility index (Phi) is 4.71. The molecule has 15 heavy (non-hydrogen) atoms. The number of hydrogen-bond donors (Lipinski definition) is 2. The van der Waals surface area contributed by atoms with Crippen molar-refractivity contribution in [2.75, 3.05) is 6.54 Å². The van der Waals surface area contributed by atoms with Crippen LogP contribution in [0.1, 0.15) is 35.8 Å². The third-order valence-corrected chi connectivity index (χ3v) is 3.14. The normalized spacial score (nSPS) is 12.5. The van der Waals surface area contributed by atoms with E-state index in [0.717, 1.165) is 11.4 Å².